The van der Waals surface area contributed by atoms with Crippen LogP contribution in [0, 0.1) is 0 Å². The Morgan fingerprint density at radius 1 is 1.54 bits per heavy atom. The lowest BCUT2D eigenvalue weighted by Crippen LogP contribution is -2.66. The van der Waals surface area contributed by atoms with Crippen molar-refractivity contribution < 1.29 is 14.6 Å². The van der Waals surface area contributed by atoms with Gasteiger partial charge in [-0.05, 0) is 27.8 Å². The topological polar surface area (TPSA) is 49.8 Å². The molecule has 1 atom stereocenters. The number of esters is 1. The number of carbonyl (C=O) groups excluding carboxylic acids is 1. The number of hydrogen-bond acceptors (Lipinski definition) is 4. The van der Waals surface area contributed by atoms with Gasteiger partial charge in [-0.1, -0.05) is 0 Å². The Hall–Kier alpha value is -0.610. The zero-order chi connectivity index (χ0) is 10.3. The third-order valence-corrected chi connectivity index (χ3v) is 3.00. The van der Waals surface area contributed by atoms with Crippen LogP contribution in [0.3, 0.4) is 0 Å². The van der Waals surface area contributed by atoms with E-state index in [0.29, 0.717) is 0 Å². The molecule has 1 heterocycles. The quantitative estimate of drug-likeness (QED) is 0.587. The molecule has 0 spiro atoms. The van der Waals surface area contributed by atoms with Gasteiger partial charge < -0.3 is 9.84 Å². The molecule has 0 bridgehead atoms. The summed E-state index contributed by atoms with van der Waals surface area (Å²) in [5.74, 6) is -0.235. The maximum atomic E-state index is 11.4. The van der Waals surface area contributed by atoms with Gasteiger partial charge in [-0.15, -0.1) is 0 Å². The zero-order valence-corrected chi connectivity index (χ0v) is 8.63. The van der Waals surface area contributed by atoms with Gasteiger partial charge in [0.2, 0.25) is 0 Å². The highest BCUT2D eigenvalue weighted by Gasteiger charge is 2.48. The molecule has 1 aliphatic heterocycles. The van der Waals surface area contributed by atoms with Crippen molar-refractivity contribution in [2.24, 2.45) is 0 Å². The monoisotopic (exact) mass is 187 g/mol. The molecule has 4 nitrogen and oxygen atoms in total. The lowest BCUT2D eigenvalue weighted by Gasteiger charge is -2.49. The molecule has 1 saturated heterocycles. The van der Waals surface area contributed by atoms with Crippen LogP contribution in [0.4, 0.5) is 0 Å². The number of hydrogen-bond donors (Lipinski definition) is 1. The molecule has 1 N–H and O–H groups in total. The van der Waals surface area contributed by atoms with Gasteiger partial charge in [-0.3, -0.25) is 9.69 Å². The first-order valence-corrected chi connectivity index (χ1v) is 4.36. The zero-order valence-electron chi connectivity index (χ0n) is 8.63. The van der Waals surface area contributed by atoms with Gasteiger partial charge in [-0.2, -0.15) is 0 Å². The van der Waals surface area contributed by atoms with Gasteiger partial charge in [0.1, 0.15) is 12.1 Å². The standard InChI is InChI=1S/C9H17NO3/c1-8(2)7(12)13-6-9(3,5-11)10(8)4/h11H,5-6H2,1-4H3. The summed E-state index contributed by atoms with van der Waals surface area (Å²) in [4.78, 5) is 13.3. The van der Waals surface area contributed by atoms with E-state index in [1.807, 2.05) is 18.9 Å². The molecule has 13 heavy (non-hydrogen) atoms. The van der Waals surface area contributed by atoms with E-state index in [1.165, 1.54) is 0 Å². The second kappa shape index (κ2) is 2.96. The SMILES string of the molecule is CN1C(C)(CO)COC(=O)C1(C)C. The Labute approximate surface area is 78.5 Å². The van der Waals surface area contributed by atoms with Gasteiger partial charge in [0.15, 0.2) is 0 Å². The Balaban J connectivity index is 2.95. The minimum Gasteiger partial charge on any atom is -0.462 e. The third kappa shape index (κ3) is 1.44. The third-order valence-electron chi connectivity index (χ3n) is 3.00. The summed E-state index contributed by atoms with van der Waals surface area (Å²) < 4.78 is 5.03. The number of aliphatic hydroxyl groups is 1. The molecule has 0 aromatic heterocycles. The van der Waals surface area contributed by atoms with Crippen LogP contribution in [-0.2, 0) is 9.53 Å². The van der Waals surface area contributed by atoms with Crippen LogP contribution in [0.15, 0.2) is 0 Å². The van der Waals surface area contributed by atoms with Crippen molar-refractivity contribution in [1.82, 2.24) is 4.90 Å². The summed E-state index contributed by atoms with van der Waals surface area (Å²) in [5, 5.41) is 9.21. The average molecular weight is 187 g/mol. The number of rotatable bonds is 1. The molecular formula is C9H17NO3. The van der Waals surface area contributed by atoms with Gasteiger partial charge >= 0.3 is 5.97 Å². The lowest BCUT2D eigenvalue weighted by molar-refractivity contribution is -0.182. The van der Waals surface area contributed by atoms with Crippen LogP contribution in [-0.4, -0.2) is 47.3 Å². The normalized spacial score (nSPS) is 34.4. The summed E-state index contributed by atoms with van der Waals surface area (Å²) in [6, 6.07) is 0. The van der Waals surface area contributed by atoms with Crippen molar-refractivity contribution in [3.05, 3.63) is 0 Å². The fraction of sp³-hybridized carbons (Fsp3) is 0.889. The first kappa shape index (κ1) is 10.5. The molecule has 4 heteroatoms. The summed E-state index contributed by atoms with van der Waals surface area (Å²) in [6.07, 6.45) is 0. The molecule has 76 valence electrons. The molecule has 0 aromatic carbocycles. The van der Waals surface area contributed by atoms with Crippen LogP contribution in [0.2, 0.25) is 0 Å². The van der Waals surface area contributed by atoms with Crippen LogP contribution in [0.25, 0.3) is 0 Å². The van der Waals surface area contributed by atoms with Crippen molar-refractivity contribution in [2.45, 2.75) is 31.8 Å². The number of nitrogens with zero attached hydrogens (tertiary/aromatic N) is 1. The van der Waals surface area contributed by atoms with E-state index >= 15 is 0 Å². The molecule has 1 unspecified atom stereocenters. The highest BCUT2D eigenvalue weighted by Crippen LogP contribution is 2.29. The number of morpholine rings is 1. The van der Waals surface area contributed by atoms with Crippen molar-refractivity contribution in [3.8, 4) is 0 Å². The first-order valence-electron chi connectivity index (χ1n) is 4.36. The number of cyclic esters (lactones) is 1. The molecule has 0 saturated carbocycles. The number of ether oxygens (including phenoxy) is 1. The minimum absolute atomic E-state index is 0.0137. The van der Waals surface area contributed by atoms with E-state index in [4.69, 9.17) is 4.74 Å². The van der Waals surface area contributed by atoms with Crippen LogP contribution >= 0.6 is 0 Å². The van der Waals surface area contributed by atoms with Crippen molar-refractivity contribution >= 4 is 5.97 Å². The van der Waals surface area contributed by atoms with Crippen molar-refractivity contribution in [2.75, 3.05) is 20.3 Å². The smallest absolute Gasteiger partial charge is 0.326 e. The largest absolute Gasteiger partial charge is 0.462 e. The second-order valence-electron chi connectivity index (χ2n) is 4.35. The second-order valence-corrected chi connectivity index (χ2v) is 4.35. The average Bonchev–Trinajstić information content (AvgIpc) is 2.10. The Kier molecular flexibility index (Phi) is 2.38. The maximum absolute atomic E-state index is 11.4. The highest BCUT2D eigenvalue weighted by atomic mass is 16.5. The van der Waals surface area contributed by atoms with E-state index in [-0.39, 0.29) is 19.2 Å². The number of likely N-dealkylation sites (N-methyl/N-ethyl adjacent to an activating group) is 1. The van der Waals surface area contributed by atoms with Crippen LogP contribution in [0.1, 0.15) is 20.8 Å². The Bertz CT molecular complexity index is 227. The van der Waals surface area contributed by atoms with Crippen LogP contribution in [0.5, 0.6) is 0 Å². The first-order chi connectivity index (χ1) is 5.84. The molecule has 0 aliphatic carbocycles. The Morgan fingerprint density at radius 3 is 2.54 bits per heavy atom. The molecular weight excluding hydrogens is 170 g/mol. The fourth-order valence-electron chi connectivity index (χ4n) is 1.46. The summed E-state index contributed by atoms with van der Waals surface area (Å²) in [6.45, 7) is 5.70. The van der Waals surface area contributed by atoms with E-state index in [2.05, 4.69) is 0 Å². The summed E-state index contributed by atoms with van der Waals surface area (Å²) in [7, 11) is 1.83. The summed E-state index contributed by atoms with van der Waals surface area (Å²) in [5.41, 5.74) is -1.12. The maximum Gasteiger partial charge on any atom is 0.326 e. The summed E-state index contributed by atoms with van der Waals surface area (Å²) >= 11 is 0. The lowest BCUT2D eigenvalue weighted by atomic mass is 9.91. The Morgan fingerprint density at radius 2 is 2.08 bits per heavy atom. The van der Waals surface area contributed by atoms with E-state index in [0.717, 1.165) is 0 Å². The molecule has 1 aliphatic rings. The van der Waals surface area contributed by atoms with Crippen molar-refractivity contribution in [3.63, 3.8) is 0 Å². The van der Waals surface area contributed by atoms with E-state index < -0.39 is 11.1 Å². The molecule has 1 fully saturated rings. The predicted molar refractivity (Wildman–Crippen MR) is 48.3 cm³/mol. The number of carbonyl (C=O) groups is 1. The molecule has 0 aromatic rings. The highest BCUT2D eigenvalue weighted by molar-refractivity contribution is 5.80. The van der Waals surface area contributed by atoms with Crippen LogP contribution < -0.4 is 0 Å². The molecule has 0 radical (unpaired) electrons. The van der Waals surface area contributed by atoms with Gasteiger partial charge in [-0.25, -0.2) is 0 Å². The van der Waals surface area contributed by atoms with E-state index in [1.54, 1.807) is 13.8 Å². The van der Waals surface area contributed by atoms with Crippen molar-refractivity contribution in [1.29, 1.82) is 0 Å². The van der Waals surface area contributed by atoms with Gasteiger partial charge in [0.05, 0.1) is 12.1 Å². The number of aliphatic hydroxyl groups excluding tert-OH is 1. The van der Waals surface area contributed by atoms with Gasteiger partial charge in [0.25, 0.3) is 0 Å². The molecule has 1 rings (SSSR count). The fourth-order valence-corrected chi connectivity index (χ4v) is 1.46. The van der Waals surface area contributed by atoms with E-state index in [9.17, 15) is 9.90 Å². The predicted octanol–water partition coefficient (Wildman–Crippen LogP) is 0.00460. The van der Waals surface area contributed by atoms with Gasteiger partial charge in [0, 0.05) is 0 Å². The minimum atomic E-state index is -0.657. The molecule has 0 amide bonds.